The number of hydrogen-bond donors (Lipinski definition) is 2. The Morgan fingerprint density at radius 2 is 2.11 bits per heavy atom. The highest BCUT2D eigenvalue weighted by Crippen LogP contribution is 2.22. The third kappa shape index (κ3) is 4.38. The summed E-state index contributed by atoms with van der Waals surface area (Å²) in [6.07, 6.45) is 0.210. The highest BCUT2D eigenvalue weighted by molar-refractivity contribution is 9.10. The lowest BCUT2D eigenvalue weighted by Gasteiger charge is -2.26. The fourth-order valence-electron chi connectivity index (χ4n) is 1.29. The molecular weight excluding hydrogens is 299 g/mol. The number of halogens is 2. The number of carbonyl (C=O) groups excluding carboxylic acids is 1. The van der Waals surface area contributed by atoms with Crippen molar-refractivity contribution in [3.63, 3.8) is 0 Å². The highest BCUT2D eigenvalue weighted by atomic mass is 79.9. The molecule has 0 aliphatic heterocycles. The van der Waals surface area contributed by atoms with Crippen LogP contribution >= 0.6 is 15.9 Å². The molecule has 5 heteroatoms. The quantitative estimate of drug-likeness (QED) is 0.899. The van der Waals surface area contributed by atoms with E-state index in [4.69, 9.17) is 5.73 Å². The number of carbonyl (C=O) groups is 1. The summed E-state index contributed by atoms with van der Waals surface area (Å²) in [5.41, 5.74) is 6.21. The zero-order valence-corrected chi connectivity index (χ0v) is 12.3. The summed E-state index contributed by atoms with van der Waals surface area (Å²) in [7, 11) is 0. The molecule has 100 valence electrons. The molecule has 1 aromatic rings. The van der Waals surface area contributed by atoms with Gasteiger partial charge in [-0.15, -0.1) is 0 Å². The SMILES string of the molecule is CC(C)(C)C(N)CC(=O)Nc1ccc(Br)c(F)c1. The van der Waals surface area contributed by atoms with Gasteiger partial charge in [0, 0.05) is 18.2 Å². The predicted molar refractivity (Wildman–Crippen MR) is 74.8 cm³/mol. The van der Waals surface area contributed by atoms with E-state index in [0.29, 0.717) is 10.2 Å². The van der Waals surface area contributed by atoms with E-state index in [9.17, 15) is 9.18 Å². The van der Waals surface area contributed by atoms with E-state index in [0.717, 1.165) is 0 Å². The molecule has 0 saturated carbocycles. The lowest BCUT2D eigenvalue weighted by atomic mass is 9.85. The number of amides is 1. The molecule has 3 nitrogen and oxygen atoms in total. The van der Waals surface area contributed by atoms with E-state index in [1.54, 1.807) is 12.1 Å². The normalized spacial score (nSPS) is 13.2. The molecule has 0 radical (unpaired) electrons. The number of nitrogens with two attached hydrogens (primary N) is 1. The Labute approximate surface area is 115 Å². The van der Waals surface area contributed by atoms with Crippen LogP contribution in [0, 0.1) is 11.2 Å². The molecule has 0 heterocycles. The summed E-state index contributed by atoms with van der Waals surface area (Å²) in [6, 6.07) is 4.21. The molecule has 1 amide bonds. The molecule has 18 heavy (non-hydrogen) atoms. The van der Waals surface area contributed by atoms with Gasteiger partial charge in [-0.25, -0.2) is 4.39 Å². The van der Waals surface area contributed by atoms with E-state index < -0.39 is 5.82 Å². The molecule has 3 N–H and O–H groups in total. The number of rotatable bonds is 3. The topological polar surface area (TPSA) is 55.1 Å². The second-order valence-corrected chi connectivity index (χ2v) is 6.21. The number of nitrogens with one attached hydrogen (secondary N) is 1. The predicted octanol–water partition coefficient (Wildman–Crippen LogP) is 3.29. The Morgan fingerprint density at radius 1 is 1.50 bits per heavy atom. The van der Waals surface area contributed by atoms with Gasteiger partial charge in [-0.1, -0.05) is 20.8 Å². The summed E-state index contributed by atoms with van der Waals surface area (Å²) in [5, 5.41) is 2.63. The number of benzene rings is 1. The minimum absolute atomic E-state index is 0.137. The first-order chi connectivity index (χ1) is 8.20. The Hall–Kier alpha value is -0.940. The Balaban J connectivity index is 2.62. The van der Waals surface area contributed by atoms with E-state index in [1.165, 1.54) is 6.07 Å². The van der Waals surface area contributed by atoms with Gasteiger partial charge in [-0.2, -0.15) is 0 Å². The third-order valence-electron chi connectivity index (χ3n) is 2.72. The first-order valence-electron chi connectivity index (χ1n) is 5.70. The first-order valence-corrected chi connectivity index (χ1v) is 6.50. The van der Waals surface area contributed by atoms with Crippen molar-refractivity contribution in [3.05, 3.63) is 28.5 Å². The van der Waals surface area contributed by atoms with Gasteiger partial charge in [-0.05, 0) is 39.5 Å². The Morgan fingerprint density at radius 3 is 2.61 bits per heavy atom. The Kier molecular flexibility index (Phi) is 4.87. The molecule has 1 rings (SSSR count). The molecule has 0 saturated heterocycles. The zero-order valence-electron chi connectivity index (χ0n) is 10.8. The van der Waals surface area contributed by atoms with Crippen molar-refractivity contribution >= 4 is 27.5 Å². The van der Waals surface area contributed by atoms with Crippen molar-refractivity contribution in [2.75, 3.05) is 5.32 Å². The number of hydrogen-bond acceptors (Lipinski definition) is 2. The fourth-order valence-corrected chi connectivity index (χ4v) is 1.54. The summed E-state index contributed by atoms with van der Waals surface area (Å²) in [4.78, 5) is 11.7. The molecular formula is C13H18BrFN2O. The zero-order chi connectivity index (χ0) is 13.9. The standard InChI is InChI=1S/C13H18BrFN2O/c1-13(2,3)11(16)7-12(18)17-8-4-5-9(14)10(15)6-8/h4-6,11H,7,16H2,1-3H3,(H,17,18). The smallest absolute Gasteiger partial charge is 0.225 e. The van der Waals surface area contributed by atoms with Crippen LogP contribution in [0.1, 0.15) is 27.2 Å². The van der Waals surface area contributed by atoms with Gasteiger partial charge in [-0.3, -0.25) is 4.79 Å². The molecule has 1 unspecified atom stereocenters. The van der Waals surface area contributed by atoms with Gasteiger partial charge >= 0.3 is 0 Å². The third-order valence-corrected chi connectivity index (χ3v) is 3.36. The molecule has 0 aliphatic carbocycles. The van der Waals surface area contributed by atoms with Gasteiger partial charge < -0.3 is 11.1 Å². The van der Waals surface area contributed by atoms with Gasteiger partial charge in [0.15, 0.2) is 0 Å². The van der Waals surface area contributed by atoms with Crippen LogP contribution < -0.4 is 11.1 Å². The summed E-state index contributed by atoms with van der Waals surface area (Å²) in [5.74, 6) is -0.618. The molecule has 1 atom stereocenters. The maximum absolute atomic E-state index is 13.3. The second-order valence-electron chi connectivity index (χ2n) is 5.35. The molecule has 0 spiro atoms. The largest absolute Gasteiger partial charge is 0.327 e. The maximum atomic E-state index is 13.3. The van der Waals surface area contributed by atoms with E-state index >= 15 is 0 Å². The van der Waals surface area contributed by atoms with Crippen molar-refractivity contribution < 1.29 is 9.18 Å². The molecule has 1 aromatic carbocycles. The minimum Gasteiger partial charge on any atom is -0.327 e. The van der Waals surface area contributed by atoms with Gasteiger partial charge in [0.2, 0.25) is 5.91 Å². The highest BCUT2D eigenvalue weighted by Gasteiger charge is 2.23. The van der Waals surface area contributed by atoms with Crippen molar-refractivity contribution in [1.82, 2.24) is 0 Å². The van der Waals surface area contributed by atoms with Crippen LogP contribution in [0.3, 0.4) is 0 Å². The summed E-state index contributed by atoms with van der Waals surface area (Å²) >= 11 is 3.05. The van der Waals surface area contributed by atoms with Crippen molar-refractivity contribution in [2.24, 2.45) is 11.1 Å². The minimum atomic E-state index is -0.409. The lowest BCUT2D eigenvalue weighted by molar-refractivity contribution is -0.117. The van der Waals surface area contributed by atoms with Crippen LogP contribution in [0.2, 0.25) is 0 Å². The maximum Gasteiger partial charge on any atom is 0.225 e. The lowest BCUT2D eigenvalue weighted by Crippen LogP contribution is -2.38. The first kappa shape index (κ1) is 15.1. The summed E-state index contributed by atoms with van der Waals surface area (Å²) in [6.45, 7) is 5.93. The van der Waals surface area contributed by atoms with Crippen molar-refractivity contribution in [2.45, 2.75) is 33.2 Å². The van der Waals surface area contributed by atoms with E-state index in [1.807, 2.05) is 20.8 Å². The Bertz CT molecular complexity index is 443. The van der Waals surface area contributed by atoms with E-state index in [-0.39, 0.29) is 23.8 Å². The summed E-state index contributed by atoms with van der Waals surface area (Å²) < 4.78 is 13.6. The van der Waals surface area contributed by atoms with Crippen LogP contribution in [-0.4, -0.2) is 11.9 Å². The van der Waals surface area contributed by atoms with Crippen LogP contribution in [0.25, 0.3) is 0 Å². The van der Waals surface area contributed by atoms with Crippen LogP contribution in [0.15, 0.2) is 22.7 Å². The molecule has 0 fully saturated rings. The van der Waals surface area contributed by atoms with Crippen LogP contribution in [0.4, 0.5) is 10.1 Å². The van der Waals surface area contributed by atoms with Crippen molar-refractivity contribution in [1.29, 1.82) is 0 Å². The van der Waals surface area contributed by atoms with Crippen LogP contribution in [0.5, 0.6) is 0 Å². The average Bonchev–Trinajstić information content (AvgIpc) is 2.22. The number of anilines is 1. The van der Waals surface area contributed by atoms with Crippen LogP contribution in [-0.2, 0) is 4.79 Å². The second kappa shape index (κ2) is 5.80. The molecule has 0 aromatic heterocycles. The van der Waals surface area contributed by atoms with E-state index in [2.05, 4.69) is 21.2 Å². The van der Waals surface area contributed by atoms with Crippen molar-refractivity contribution in [3.8, 4) is 0 Å². The van der Waals surface area contributed by atoms with Gasteiger partial charge in [0.25, 0.3) is 0 Å². The van der Waals surface area contributed by atoms with Gasteiger partial charge in [0.1, 0.15) is 5.82 Å². The molecule has 0 bridgehead atoms. The van der Waals surface area contributed by atoms with Gasteiger partial charge in [0.05, 0.1) is 4.47 Å². The fraction of sp³-hybridized carbons (Fsp3) is 0.462. The average molecular weight is 317 g/mol. The monoisotopic (exact) mass is 316 g/mol. The molecule has 0 aliphatic rings.